The standard InChI is InChI=1S/C4H4F2.U.W/c1-2-3-4(5)6;;/h1-2H2;;/q-2;;. The first-order valence-electron chi connectivity index (χ1n) is 1.48. The van der Waals surface area contributed by atoms with Crippen molar-refractivity contribution in [1.29, 1.82) is 0 Å². The monoisotopic (exact) mass is 512 g/mol. The second-order valence-corrected chi connectivity index (χ2v) is 0.687. The van der Waals surface area contributed by atoms with Crippen LogP contribution in [0.15, 0.2) is 6.08 Å². The molecule has 0 bridgehead atoms. The summed E-state index contributed by atoms with van der Waals surface area (Å²) in [5, 5.41) is 0. The summed E-state index contributed by atoms with van der Waals surface area (Å²) in [5.74, 6) is 0. The van der Waals surface area contributed by atoms with E-state index in [1.54, 1.807) is 6.08 Å². The molecule has 0 aromatic heterocycles. The van der Waals surface area contributed by atoms with E-state index in [-0.39, 0.29) is 58.6 Å². The van der Waals surface area contributed by atoms with E-state index in [4.69, 9.17) is 0 Å². The molecule has 0 aliphatic rings. The van der Waals surface area contributed by atoms with Crippen LogP contribution in [-0.4, -0.2) is 0 Å². The molecule has 0 spiro atoms. The Bertz CT molecular complexity index is 61.1. The predicted molar refractivity (Wildman–Crippen MR) is 18.9 cm³/mol. The Morgan fingerprint density at radius 2 is 1.88 bits per heavy atom. The molecule has 0 fully saturated rings. The van der Waals surface area contributed by atoms with Gasteiger partial charge in [-0.3, -0.25) is 0 Å². The van der Waals surface area contributed by atoms with Crippen LogP contribution in [0.25, 0.3) is 0 Å². The van der Waals surface area contributed by atoms with Crippen molar-refractivity contribution in [3.05, 3.63) is 19.1 Å². The van der Waals surface area contributed by atoms with Crippen molar-refractivity contribution in [3.8, 4) is 0 Å². The minimum atomic E-state index is -1.77. The SMILES string of the molecule is [CH2-]C[C-]=C(F)F.[U].[W]. The van der Waals surface area contributed by atoms with E-state index in [9.17, 15) is 8.78 Å². The van der Waals surface area contributed by atoms with Crippen LogP contribution in [0.2, 0.25) is 0 Å². The van der Waals surface area contributed by atoms with E-state index in [2.05, 4.69) is 6.92 Å². The maximum atomic E-state index is 10.8. The number of hydrogen-bond donors (Lipinski definition) is 0. The molecule has 0 aromatic rings. The number of rotatable bonds is 1. The second kappa shape index (κ2) is 11.2. The average molecular weight is 512 g/mol. The van der Waals surface area contributed by atoms with Gasteiger partial charge in [-0.05, 0) is 0 Å². The van der Waals surface area contributed by atoms with Gasteiger partial charge in [0.1, 0.15) is 0 Å². The molecule has 46 valence electrons. The molecule has 0 atom stereocenters. The first-order chi connectivity index (χ1) is 2.77. The van der Waals surface area contributed by atoms with Crippen LogP contribution in [0.4, 0.5) is 8.78 Å². The molecule has 0 aliphatic heterocycles. The van der Waals surface area contributed by atoms with Gasteiger partial charge in [0.2, 0.25) is 0 Å². The van der Waals surface area contributed by atoms with Gasteiger partial charge >= 0.3 is 0 Å². The third-order valence-corrected chi connectivity index (χ3v) is 0.259. The smallest absolute Gasteiger partial charge is 0.0890 e. The molecule has 0 nitrogen and oxygen atoms in total. The Labute approximate surface area is 85.7 Å². The molecule has 0 N–H and O–H groups in total. The molecule has 0 amide bonds. The van der Waals surface area contributed by atoms with Crippen molar-refractivity contribution in [2.75, 3.05) is 0 Å². The van der Waals surface area contributed by atoms with Gasteiger partial charge in [0.05, 0.1) is 6.08 Å². The summed E-state index contributed by atoms with van der Waals surface area (Å²) < 4.78 is 21.6. The van der Waals surface area contributed by atoms with Gasteiger partial charge < -0.3 is 19.4 Å². The van der Waals surface area contributed by atoms with Crippen LogP contribution in [0.5, 0.6) is 0 Å². The molecule has 0 aromatic carbocycles. The summed E-state index contributed by atoms with van der Waals surface area (Å²) in [4.78, 5) is 0. The molecule has 0 rings (SSSR count). The third-order valence-electron chi connectivity index (χ3n) is 0.259. The van der Waals surface area contributed by atoms with Gasteiger partial charge in [0.15, 0.2) is 0 Å². The largest absolute Gasteiger partial charge is 0.458 e. The molecule has 4 heteroatoms. The van der Waals surface area contributed by atoms with Crippen molar-refractivity contribution in [3.63, 3.8) is 0 Å². The zero-order valence-corrected chi connectivity index (χ0v) is 11.2. The van der Waals surface area contributed by atoms with Crippen LogP contribution in [0.3, 0.4) is 0 Å². The molecule has 0 saturated carbocycles. The molecule has 0 heterocycles. The van der Waals surface area contributed by atoms with E-state index in [1.165, 1.54) is 0 Å². The van der Waals surface area contributed by atoms with Crippen LogP contribution in [0, 0.1) is 44.1 Å². The normalized spacial score (nSPS) is 5.88. The van der Waals surface area contributed by atoms with E-state index < -0.39 is 6.08 Å². The first kappa shape index (κ1) is 16.2. The fourth-order valence-corrected chi connectivity index (χ4v) is 0.0945. The second-order valence-electron chi connectivity index (χ2n) is 0.687. The van der Waals surface area contributed by atoms with Gasteiger partial charge in [-0.1, -0.05) is 0 Å². The van der Waals surface area contributed by atoms with E-state index in [0.29, 0.717) is 0 Å². The van der Waals surface area contributed by atoms with Gasteiger partial charge in [0, 0.05) is 52.2 Å². The molecule has 0 saturated heterocycles. The summed E-state index contributed by atoms with van der Waals surface area (Å²) >= 11 is 0. The quantitative estimate of drug-likeness (QED) is 0.471. The zero-order chi connectivity index (χ0) is 4.99. The van der Waals surface area contributed by atoms with E-state index in [0.717, 1.165) is 0 Å². The minimum Gasteiger partial charge on any atom is -0.458 e. The van der Waals surface area contributed by atoms with Crippen LogP contribution >= 0.6 is 0 Å². The number of halogens is 2. The Kier molecular flexibility index (Phi) is 22.6. The molecule has 0 radical (unpaired) electrons. The Morgan fingerprint density at radius 1 is 1.50 bits per heavy atom. The summed E-state index contributed by atoms with van der Waals surface area (Å²) in [6.07, 6.45) is -0.0486. The summed E-state index contributed by atoms with van der Waals surface area (Å²) in [5.41, 5.74) is 0. The Balaban J connectivity index is -0.000000125. The van der Waals surface area contributed by atoms with Gasteiger partial charge in [-0.15, -0.1) is 0 Å². The average Bonchev–Trinajstić information content (AvgIpc) is 1.35. The van der Waals surface area contributed by atoms with Crippen LogP contribution in [-0.2, 0) is 21.1 Å². The van der Waals surface area contributed by atoms with E-state index >= 15 is 0 Å². The van der Waals surface area contributed by atoms with Gasteiger partial charge in [-0.2, -0.15) is 0 Å². The van der Waals surface area contributed by atoms with Crippen molar-refractivity contribution in [2.24, 2.45) is 0 Å². The summed E-state index contributed by atoms with van der Waals surface area (Å²) in [6.45, 7) is 3.11. The maximum Gasteiger partial charge on any atom is 0.0890 e. The predicted octanol–water partition coefficient (Wildman–Crippen LogP) is 1.79. The molecule has 8 heavy (non-hydrogen) atoms. The van der Waals surface area contributed by atoms with Crippen molar-refractivity contribution >= 4 is 0 Å². The molecule has 0 unspecified atom stereocenters. The summed E-state index contributed by atoms with van der Waals surface area (Å²) in [6, 6.07) is 0. The maximum absolute atomic E-state index is 10.8. The minimum absolute atomic E-state index is 0. The first-order valence-corrected chi connectivity index (χ1v) is 1.48. The third kappa shape index (κ3) is 15.7. The topological polar surface area (TPSA) is 0 Å². The fraction of sp³-hybridized carbons (Fsp3) is 0.250. The van der Waals surface area contributed by atoms with Gasteiger partial charge in [-0.25, -0.2) is 8.78 Å². The van der Waals surface area contributed by atoms with Crippen LogP contribution in [0.1, 0.15) is 6.42 Å². The Hall–Kier alpha value is 1.34. The van der Waals surface area contributed by atoms with Crippen molar-refractivity contribution in [1.82, 2.24) is 0 Å². The van der Waals surface area contributed by atoms with Gasteiger partial charge in [0.25, 0.3) is 0 Å². The molecular weight excluding hydrogens is 508 g/mol. The zero-order valence-electron chi connectivity index (χ0n) is 4.08. The van der Waals surface area contributed by atoms with E-state index in [1.807, 2.05) is 0 Å². The fourth-order valence-electron chi connectivity index (χ4n) is 0.0945. The number of allylic oxidation sites excluding steroid dienone is 1. The van der Waals surface area contributed by atoms with Crippen molar-refractivity contribution in [2.45, 2.75) is 6.42 Å². The molecule has 0 aliphatic carbocycles. The Morgan fingerprint density at radius 3 is 1.88 bits per heavy atom. The summed E-state index contributed by atoms with van der Waals surface area (Å²) in [7, 11) is 0. The number of hydrogen-bond acceptors (Lipinski definition) is 0. The van der Waals surface area contributed by atoms with Crippen LogP contribution < -0.4 is 0 Å². The van der Waals surface area contributed by atoms with Crippen molar-refractivity contribution < 1.29 is 61.0 Å². The molecular formula is C4H4F2UW-2.